The van der Waals surface area contributed by atoms with Gasteiger partial charge in [0.2, 0.25) is 0 Å². The first-order chi connectivity index (χ1) is 9.38. The Kier molecular flexibility index (Phi) is 4.25. The number of benzene rings is 1. The summed E-state index contributed by atoms with van der Waals surface area (Å²) in [5.74, 6) is 0.553. The van der Waals surface area contributed by atoms with Crippen LogP contribution in [0.3, 0.4) is 0 Å². The predicted molar refractivity (Wildman–Crippen MR) is 68.5 cm³/mol. The van der Waals surface area contributed by atoms with Gasteiger partial charge >= 0.3 is 6.18 Å². The number of anilines is 1. The minimum absolute atomic E-state index is 0.110. The maximum absolute atomic E-state index is 12.6. The van der Waals surface area contributed by atoms with E-state index >= 15 is 0 Å². The lowest BCUT2D eigenvalue weighted by atomic mass is 10.1. The van der Waals surface area contributed by atoms with E-state index in [9.17, 15) is 18.3 Å². The van der Waals surface area contributed by atoms with Gasteiger partial charge in [0.25, 0.3) is 0 Å². The highest BCUT2D eigenvalue weighted by Gasteiger charge is 2.40. The molecule has 20 heavy (non-hydrogen) atoms. The van der Waals surface area contributed by atoms with Crippen molar-refractivity contribution >= 4 is 17.3 Å². The van der Waals surface area contributed by atoms with Crippen molar-refractivity contribution in [1.82, 2.24) is 0 Å². The average Bonchev–Trinajstić information content (AvgIpc) is 2.87. The number of halogens is 4. The summed E-state index contributed by atoms with van der Waals surface area (Å²) in [6.07, 6.45) is -5.85. The Morgan fingerprint density at radius 1 is 1.30 bits per heavy atom. The number of nitrogens with one attached hydrogen (secondary N) is 1. The van der Waals surface area contributed by atoms with Crippen LogP contribution in [0, 0.1) is 0 Å². The number of alkyl halides is 3. The molecule has 2 aromatic rings. The molecule has 0 aliphatic rings. The van der Waals surface area contributed by atoms with Gasteiger partial charge in [0.05, 0.1) is 12.8 Å². The molecule has 1 atom stereocenters. The monoisotopic (exact) mass is 305 g/mol. The molecule has 3 nitrogen and oxygen atoms in total. The lowest BCUT2D eigenvalue weighted by Gasteiger charge is -2.19. The van der Waals surface area contributed by atoms with Crippen molar-refractivity contribution < 1.29 is 22.7 Å². The van der Waals surface area contributed by atoms with Gasteiger partial charge in [-0.15, -0.1) is 0 Å². The van der Waals surface area contributed by atoms with E-state index in [1.54, 1.807) is 12.1 Å². The predicted octanol–water partition coefficient (Wildman–Crippen LogP) is 4.14. The Labute approximate surface area is 118 Å². The zero-order valence-corrected chi connectivity index (χ0v) is 10.9. The zero-order chi connectivity index (χ0) is 14.8. The van der Waals surface area contributed by atoms with Gasteiger partial charge in [0.1, 0.15) is 5.76 Å². The van der Waals surface area contributed by atoms with Crippen LogP contribution in [-0.4, -0.2) is 11.3 Å². The maximum atomic E-state index is 12.6. The highest BCUT2D eigenvalue weighted by atomic mass is 35.5. The van der Waals surface area contributed by atoms with Crippen molar-refractivity contribution in [1.29, 1.82) is 0 Å². The van der Waals surface area contributed by atoms with Gasteiger partial charge in [-0.3, -0.25) is 0 Å². The topological polar surface area (TPSA) is 45.4 Å². The molecule has 7 heteroatoms. The fraction of sp³-hybridized carbons (Fsp3) is 0.231. The van der Waals surface area contributed by atoms with Crippen LogP contribution in [-0.2, 0) is 6.54 Å². The van der Waals surface area contributed by atoms with Gasteiger partial charge in [-0.2, -0.15) is 13.2 Å². The maximum Gasteiger partial charge on any atom is 0.418 e. The molecule has 0 aliphatic carbocycles. The van der Waals surface area contributed by atoms with Gasteiger partial charge in [-0.05, 0) is 24.3 Å². The Hall–Kier alpha value is -1.66. The van der Waals surface area contributed by atoms with E-state index in [0.717, 1.165) is 6.07 Å². The van der Waals surface area contributed by atoms with Crippen molar-refractivity contribution in [3.63, 3.8) is 0 Å². The van der Waals surface area contributed by atoms with E-state index < -0.39 is 12.3 Å². The summed E-state index contributed by atoms with van der Waals surface area (Å²) < 4.78 is 42.9. The molecule has 0 amide bonds. The van der Waals surface area contributed by atoms with E-state index in [-0.39, 0.29) is 22.8 Å². The van der Waals surface area contributed by atoms with E-state index in [4.69, 9.17) is 16.0 Å². The molecule has 0 spiro atoms. The second-order valence-electron chi connectivity index (χ2n) is 4.11. The van der Waals surface area contributed by atoms with E-state index in [2.05, 4.69) is 5.32 Å². The first-order valence-corrected chi connectivity index (χ1v) is 6.06. The molecule has 1 heterocycles. The molecule has 0 bridgehead atoms. The summed E-state index contributed by atoms with van der Waals surface area (Å²) in [6.45, 7) is 0.185. The van der Waals surface area contributed by atoms with Crippen molar-refractivity contribution in [3.8, 4) is 0 Å². The van der Waals surface area contributed by atoms with Gasteiger partial charge in [0.15, 0.2) is 6.10 Å². The molecule has 2 rings (SSSR count). The van der Waals surface area contributed by atoms with Crippen LogP contribution in [0.1, 0.15) is 17.4 Å². The zero-order valence-electron chi connectivity index (χ0n) is 10.1. The molecule has 2 N–H and O–H groups in total. The second-order valence-corrected chi connectivity index (χ2v) is 4.55. The number of rotatable bonds is 4. The van der Waals surface area contributed by atoms with Crippen LogP contribution >= 0.6 is 11.6 Å². The summed E-state index contributed by atoms with van der Waals surface area (Å²) in [6, 6.07) is 7.11. The summed E-state index contributed by atoms with van der Waals surface area (Å²) in [5, 5.41) is 12.4. The van der Waals surface area contributed by atoms with Crippen LogP contribution in [0.4, 0.5) is 18.9 Å². The molecule has 1 unspecified atom stereocenters. The van der Waals surface area contributed by atoms with Crippen molar-refractivity contribution in [2.45, 2.75) is 18.8 Å². The van der Waals surface area contributed by atoms with E-state index in [0.29, 0.717) is 5.76 Å². The summed E-state index contributed by atoms with van der Waals surface area (Å²) in [5.41, 5.74) is -0.174. The Balaban J connectivity index is 2.24. The molecule has 0 aliphatic heterocycles. The minimum Gasteiger partial charge on any atom is -0.467 e. The molecule has 1 aromatic heterocycles. The smallest absolute Gasteiger partial charge is 0.418 e. The third-order valence-electron chi connectivity index (χ3n) is 2.65. The minimum atomic E-state index is -4.74. The summed E-state index contributed by atoms with van der Waals surface area (Å²) in [4.78, 5) is 0. The normalized spacial score (nSPS) is 13.2. The van der Waals surface area contributed by atoms with Crippen molar-refractivity contribution in [2.24, 2.45) is 0 Å². The number of furan rings is 1. The fourth-order valence-electron chi connectivity index (χ4n) is 1.69. The summed E-state index contributed by atoms with van der Waals surface area (Å²) >= 11 is 5.77. The lowest BCUT2D eigenvalue weighted by Crippen LogP contribution is -2.21. The van der Waals surface area contributed by atoms with E-state index in [1.165, 1.54) is 18.4 Å². The number of hydrogen-bond acceptors (Lipinski definition) is 3. The molecular weight excluding hydrogens is 295 g/mol. The van der Waals surface area contributed by atoms with Gasteiger partial charge in [0, 0.05) is 16.3 Å². The number of hydrogen-bond donors (Lipinski definition) is 2. The number of aliphatic hydroxyl groups is 1. The highest BCUT2D eigenvalue weighted by molar-refractivity contribution is 6.30. The third kappa shape index (κ3) is 3.46. The molecule has 0 fully saturated rings. The highest BCUT2D eigenvalue weighted by Crippen LogP contribution is 2.37. The van der Waals surface area contributed by atoms with Gasteiger partial charge in [-0.1, -0.05) is 17.7 Å². The third-order valence-corrected chi connectivity index (χ3v) is 2.89. The van der Waals surface area contributed by atoms with Crippen LogP contribution < -0.4 is 5.32 Å². The quantitative estimate of drug-likeness (QED) is 0.892. The molecule has 0 radical (unpaired) electrons. The molecular formula is C13H11ClF3NO2. The van der Waals surface area contributed by atoms with Crippen molar-refractivity contribution in [2.75, 3.05) is 5.32 Å². The second kappa shape index (κ2) is 5.76. The van der Waals surface area contributed by atoms with Crippen LogP contribution in [0.15, 0.2) is 41.0 Å². The largest absolute Gasteiger partial charge is 0.467 e. The standard InChI is InChI=1S/C13H11ClF3NO2/c14-8-3-4-10(12(19)13(15,16)17)11(6-8)18-7-9-2-1-5-20-9/h1-6,12,18-19H,7H2. The van der Waals surface area contributed by atoms with Crippen LogP contribution in [0.5, 0.6) is 0 Å². The van der Waals surface area contributed by atoms with Crippen molar-refractivity contribution in [3.05, 3.63) is 52.9 Å². The average molecular weight is 306 g/mol. The van der Waals surface area contributed by atoms with E-state index in [1.807, 2.05) is 0 Å². The Morgan fingerprint density at radius 2 is 2.05 bits per heavy atom. The first-order valence-electron chi connectivity index (χ1n) is 5.68. The molecule has 0 saturated carbocycles. The SMILES string of the molecule is OC(c1ccc(Cl)cc1NCc1ccco1)C(F)(F)F. The van der Waals surface area contributed by atoms with Gasteiger partial charge in [-0.25, -0.2) is 0 Å². The molecule has 0 saturated heterocycles. The summed E-state index contributed by atoms with van der Waals surface area (Å²) in [7, 11) is 0. The molecule has 108 valence electrons. The first kappa shape index (κ1) is 14.7. The van der Waals surface area contributed by atoms with Gasteiger partial charge < -0.3 is 14.8 Å². The Morgan fingerprint density at radius 3 is 2.65 bits per heavy atom. The Bertz CT molecular complexity index is 569. The lowest BCUT2D eigenvalue weighted by molar-refractivity contribution is -0.206. The fourth-order valence-corrected chi connectivity index (χ4v) is 1.86. The van der Waals surface area contributed by atoms with Crippen LogP contribution in [0.25, 0.3) is 0 Å². The molecule has 1 aromatic carbocycles. The van der Waals surface area contributed by atoms with Crippen LogP contribution in [0.2, 0.25) is 5.02 Å². The number of aliphatic hydroxyl groups excluding tert-OH is 1.